The second-order valence-corrected chi connectivity index (χ2v) is 7.16. The lowest BCUT2D eigenvalue weighted by atomic mass is 10.2. The Balaban J connectivity index is 1.44. The summed E-state index contributed by atoms with van der Waals surface area (Å²) in [5.41, 5.74) is 3.36. The van der Waals surface area contributed by atoms with Gasteiger partial charge in [-0.05, 0) is 66.8 Å². The summed E-state index contributed by atoms with van der Waals surface area (Å²) in [5.74, 6) is 0.518. The highest BCUT2D eigenvalue weighted by molar-refractivity contribution is 7.80. The third-order valence-corrected chi connectivity index (χ3v) is 4.76. The predicted octanol–water partition coefficient (Wildman–Crippen LogP) is 5.28. The maximum Gasteiger partial charge on any atom is 0.261 e. The van der Waals surface area contributed by atoms with Crippen LogP contribution in [-0.2, 0) is 0 Å². The normalized spacial score (nSPS) is 10.6. The highest BCUT2D eigenvalue weighted by atomic mass is 35.5. The molecule has 0 bridgehead atoms. The van der Waals surface area contributed by atoms with Crippen molar-refractivity contribution in [1.82, 2.24) is 10.3 Å². The molecular weight excluding hydrogens is 422 g/mol. The SMILES string of the molecule is COc1ccc(Cl)cc1C(=O)NC(=S)Nc1ccc(-c2nc3ccccc3o2)cc1. The summed E-state index contributed by atoms with van der Waals surface area (Å²) in [7, 11) is 1.48. The van der Waals surface area contributed by atoms with Gasteiger partial charge in [0.25, 0.3) is 5.91 Å². The topological polar surface area (TPSA) is 76.4 Å². The van der Waals surface area contributed by atoms with Gasteiger partial charge in [0.15, 0.2) is 10.7 Å². The summed E-state index contributed by atoms with van der Waals surface area (Å²) in [4.78, 5) is 17.0. The Kier molecular flexibility index (Phi) is 5.65. The predicted molar refractivity (Wildman–Crippen MR) is 121 cm³/mol. The lowest BCUT2D eigenvalue weighted by Crippen LogP contribution is -2.34. The first-order valence-corrected chi connectivity index (χ1v) is 9.74. The minimum absolute atomic E-state index is 0.150. The fourth-order valence-electron chi connectivity index (χ4n) is 2.88. The van der Waals surface area contributed by atoms with Crippen molar-refractivity contribution in [1.29, 1.82) is 0 Å². The molecule has 1 heterocycles. The van der Waals surface area contributed by atoms with E-state index in [4.69, 9.17) is 33.0 Å². The van der Waals surface area contributed by atoms with Crippen molar-refractivity contribution in [3.8, 4) is 17.2 Å². The number of nitrogens with one attached hydrogen (secondary N) is 2. The number of halogens is 1. The lowest BCUT2D eigenvalue weighted by molar-refractivity contribution is 0.0975. The van der Waals surface area contributed by atoms with Gasteiger partial charge in [0.05, 0.1) is 12.7 Å². The number of carbonyl (C=O) groups excluding carboxylic acids is 1. The summed E-state index contributed by atoms with van der Waals surface area (Å²) >= 11 is 11.2. The number of aromatic nitrogens is 1. The Morgan fingerprint density at radius 1 is 1.10 bits per heavy atom. The summed E-state index contributed by atoms with van der Waals surface area (Å²) in [6, 6.07) is 19.7. The number of hydrogen-bond donors (Lipinski definition) is 2. The Bertz CT molecular complexity index is 1210. The van der Waals surface area contributed by atoms with E-state index in [0.717, 1.165) is 16.7 Å². The van der Waals surface area contributed by atoms with E-state index in [1.54, 1.807) is 12.1 Å². The van der Waals surface area contributed by atoms with Crippen molar-refractivity contribution >= 4 is 51.6 Å². The molecule has 1 amide bonds. The van der Waals surface area contributed by atoms with Gasteiger partial charge in [0, 0.05) is 16.3 Å². The van der Waals surface area contributed by atoms with Crippen LogP contribution in [0.5, 0.6) is 5.75 Å². The largest absolute Gasteiger partial charge is 0.496 e. The Hall–Kier alpha value is -3.42. The molecule has 4 aromatic rings. The maximum atomic E-state index is 12.5. The summed E-state index contributed by atoms with van der Waals surface area (Å²) in [5, 5.41) is 6.17. The molecule has 0 aliphatic rings. The van der Waals surface area contributed by atoms with E-state index < -0.39 is 5.91 Å². The number of amides is 1. The molecule has 6 nitrogen and oxygen atoms in total. The smallest absolute Gasteiger partial charge is 0.261 e. The van der Waals surface area contributed by atoms with Gasteiger partial charge in [-0.15, -0.1) is 0 Å². The van der Waals surface area contributed by atoms with Crippen molar-refractivity contribution in [3.05, 3.63) is 77.3 Å². The number of hydrogen-bond acceptors (Lipinski definition) is 5. The number of thiocarbonyl (C=S) groups is 1. The third-order valence-electron chi connectivity index (χ3n) is 4.32. The summed E-state index contributed by atoms with van der Waals surface area (Å²) < 4.78 is 11.0. The highest BCUT2D eigenvalue weighted by Crippen LogP contribution is 2.25. The van der Waals surface area contributed by atoms with Crippen molar-refractivity contribution in [2.24, 2.45) is 0 Å². The van der Waals surface area contributed by atoms with Gasteiger partial charge < -0.3 is 14.5 Å². The number of fused-ring (bicyclic) bond motifs is 1. The van der Waals surface area contributed by atoms with Crippen LogP contribution in [0.25, 0.3) is 22.6 Å². The molecule has 30 heavy (non-hydrogen) atoms. The van der Waals surface area contributed by atoms with Crippen LogP contribution in [0, 0.1) is 0 Å². The third kappa shape index (κ3) is 4.27. The van der Waals surface area contributed by atoms with Crippen LogP contribution in [0.15, 0.2) is 71.1 Å². The number of para-hydroxylation sites is 2. The van der Waals surface area contributed by atoms with Crippen LogP contribution >= 0.6 is 23.8 Å². The first kappa shape index (κ1) is 19.9. The molecule has 2 N–H and O–H groups in total. The van der Waals surface area contributed by atoms with E-state index in [1.165, 1.54) is 13.2 Å². The molecule has 0 unspecified atom stereocenters. The number of oxazole rings is 1. The van der Waals surface area contributed by atoms with E-state index in [9.17, 15) is 4.79 Å². The van der Waals surface area contributed by atoms with Crippen molar-refractivity contribution in [3.63, 3.8) is 0 Å². The van der Waals surface area contributed by atoms with Crippen LogP contribution in [0.3, 0.4) is 0 Å². The van der Waals surface area contributed by atoms with Gasteiger partial charge in [-0.1, -0.05) is 23.7 Å². The molecule has 4 rings (SSSR count). The number of anilines is 1. The van der Waals surface area contributed by atoms with E-state index >= 15 is 0 Å². The first-order valence-electron chi connectivity index (χ1n) is 8.95. The van der Waals surface area contributed by atoms with Crippen LogP contribution in [0.2, 0.25) is 5.02 Å². The number of ether oxygens (including phenoxy) is 1. The highest BCUT2D eigenvalue weighted by Gasteiger charge is 2.14. The molecular formula is C22H16ClN3O3S. The minimum atomic E-state index is -0.421. The summed E-state index contributed by atoms with van der Waals surface area (Å²) in [6.07, 6.45) is 0. The van der Waals surface area contributed by atoms with Crippen LogP contribution in [0.1, 0.15) is 10.4 Å². The fraction of sp³-hybridized carbons (Fsp3) is 0.0455. The number of benzene rings is 3. The molecule has 0 aliphatic carbocycles. The molecule has 3 aromatic carbocycles. The van der Waals surface area contributed by atoms with Crippen molar-refractivity contribution < 1.29 is 13.9 Å². The molecule has 0 saturated heterocycles. The Morgan fingerprint density at radius 3 is 2.60 bits per heavy atom. The average Bonchev–Trinajstić information content (AvgIpc) is 3.18. The van der Waals surface area contributed by atoms with Gasteiger partial charge >= 0.3 is 0 Å². The molecule has 0 radical (unpaired) electrons. The van der Waals surface area contributed by atoms with Gasteiger partial charge in [0.2, 0.25) is 5.89 Å². The molecule has 0 atom stereocenters. The van der Waals surface area contributed by atoms with E-state index in [0.29, 0.717) is 27.9 Å². The lowest BCUT2D eigenvalue weighted by Gasteiger charge is -2.12. The first-order chi connectivity index (χ1) is 14.5. The quantitative estimate of drug-likeness (QED) is 0.423. The van der Waals surface area contributed by atoms with Crippen LogP contribution < -0.4 is 15.4 Å². The van der Waals surface area contributed by atoms with E-state index in [-0.39, 0.29) is 5.11 Å². The van der Waals surface area contributed by atoms with Crippen LogP contribution in [-0.4, -0.2) is 23.1 Å². The molecule has 0 aliphatic heterocycles. The average molecular weight is 438 g/mol. The zero-order chi connectivity index (χ0) is 21.1. The standard InChI is InChI=1S/C22H16ClN3O3S/c1-28-18-11-8-14(23)12-16(18)20(27)26-22(30)24-15-9-6-13(7-10-15)21-25-17-4-2-3-5-19(17)29-21/h2-12H,1H3,(H2,24,26,27,30). The number of nitrogens with zero attached hydrogens (tertiary/aromatic N) is 1. The van der Waals surface area contributed by atoms with Gasteiger partial charge in [-0.2, -0.15) is 0 Å². The molecule has 0 spiro atoms. The van der Waals surface area contributed by atoms with Gasteiger partial charge in [0.1, 0.15) is 11.3 Å². The van der Waals surface area contributed by atoms with E-state index in [2.05, 4.69) is 15.6 Å². The Labute approximate surface area is 182 Å². The maximum absolute atomic E-state index is 12.5. The fourth-order valence-corrected chi connectivity index (χ4v) is 3.26. The number of rotatable bonds is 4. The second kappa shape index (κ2) is 8.52. The van der Waals surface area contributed by atoms with Crippen molar-refractivity contribution in [2.45, 2.75) is 0 Å². The molecule has 0 saturated carbocycles. The van der Waals surface area contributed by atoms with Crippen molar-refractivity contribution in [2.75, 3.05) is 12.4 Å². The molecule has 150 valence electrons. The number of carbonyl (C=O) groups is 1. The summed E-state index contributed by atoms with van der Waals surface area (Å²) in [6.45, 7) is 0. The zero-order valence-electron chi connectivity index (χ0n) is 15.8. The minimum Gasteiger partial charge on any atom is -0.496 e. The second-order valence-electron chi connectivity index (χ2n) is 6.32. The van der Waals surface area contributed by atoms with E-state index in [1.807, 2.05) is 48.5 Å². The monoisotopic (exact) mass is 437 g/mol. The number of methoxy groups -OCH3 is 1. The molecule has 1 aromatic heterocycles. The molecule has 0 fully saturated rings. The van der Waals surface area contributed by atoms with Gasteiger partial charge in [-0.25, -0.2) is 4.98 Å². The van der Waals surface area contributed by atoms with Gasteiger partial charge in [-0.3, -0.25) is 10.1 Å². The molecule has 8 heteroatoms. The zero-order valence-corrected chi connectivity index (χ0v) is 17.4. The van der Waals surface area contributed by atoms with Crippen LogP contribution in [0.4, 0.5) is 5.69 Å². The Morgan fingerprint density at radius 2 is 1.87 bits per heavy atom.